The molecule has 0 aliphatic heterocycles. The van der Waals surface area contributed by atoms with Crippen LogP contribution in [0.4, 0.5) is 4.79 Å². The molecule has 31 heavy (non-hydrogen) atoms. The Morgan fingerprint density at radius 3 is 1.52 bits per heavy atom. The summed E-state index contributed by atoms with van der Waals surface area (Å²) in [5, 5.41) is 9.48. The summed E-state index contributed by atoms with van der Waals surface area (Å²) < 4.78 is 19.0. The van der Waals surface area contributed by atoms with Gasteiger partial charge in [-0.2, -0.15) is 0 Å². The van der Waals surface area contributed by atoms with E-state index in [9.17, 15) is 24.3 Å². The van der Waals surface area contributed by atoms with Crippen molar-refractivity contribution in [3.05, 3.63) is 68.3 Å². The summed E-state index contributed by atoms with van der Waals surface area (Å²) in [7, 11) is 0. The van der Waals surface area contributed by atoms with Crippen LogP contribution in [0.15, 0.2) is 68.3 Å². The number of carbonyl (C=O) groups excluding carboxylic acids is 4. The summed E-state index contributed by atoms with van der Waals surface area (Å²) in [5.74, 6) is -1.70. The van der Waals surface area contributed by atoms with E-state index in [1.54, 1.807) is 24.3 Å². The van der Waals surface area contributed by atoms with Crippen molar-refractivity contribution in [2.45, 2.75) is 0 Å². The van der Waals surface area contributed by atoms with Crippen molar-refractivity contribution in [1.82, 2.24) is 0 Å². The van der Waals surface area contributed by atoms with Crippen molar-refractivity contribution in [1.29, 1.82) is 0 Å². The van der Waals surface area contributed by atoms with E-state index < -0.39 is 36.0 Å². The summed E-state index contributed by atoms with van der Waals surface area (Å²) >= 11 is 0. The number of benzene rings is 1. The Bertz CT molecular complexity index is 715. The van der Waals surface area contributed by atoms with Crippen LogP contribution in [-0.2, 0) is 28.6 Å². The molecule has 0 unspecified atom stereocenters. The normalized spacial score (nSPS) is 9.71. The summed E-state index contributed by atoms with van der Waals surface area (Å²) in [6.45, 7) is 8.14. The summed E-state index contributed by atoms with van der Waals surface area (Å²) in [6, 6.07) is 8.67. The average molecular weight is 435 g/mol. The zero-order valence-electron chi connectivity index (χ0n) is 16.9. The number of aliphatic hydroxyl groups excluding tert-OH is 1. The molecule has 1 aromatic rings. The Hall–Kier alpha value is -3.92. The van der Waals surface area contributed by atoms with E-state index in [0.717, 1.165) is 18.2 Å². The molecule has 3 N–H and O–H groups in total. The molecule has 0 saturated heterocycles. The second-order valence-corrected chi connectivity index (χ2v) is 5.83. The number of primary amides is 1. The molecule has 1 amide bonds. The van der Waals surface area contributed by atoms with Crippen LogP contribution >= 0.6 is 0 Å². The van der Waals surface area contributed by atoms with Crippen molar-refractivity contribution in [2.75, 3.05) is 26.4 Å². The minimum absolute atomic E-state index is 0.330. The Morgan fingerprint density at radius 1 is 0.839 bits per heavy atom. The maximum Gasteiger partial charge on any atom is 0.409 e. The quantitative estimate of drug-likeness (QED) is 0.297. The fourth-order valence-corrected chi connectivity index (χ4v) is 1.72. The number of carbonyl (C=O) groups is 4. The van der Waals surface area contributed by atoms with Crippen molar-refractivity contribution < 1.29 is 43.2 Å². The number of ether oxygens (including phenoxy) is 4. The Morgan fingerprint density at radius 2 is 1.23 bits per heavy atom. The van der Waals surface area contributed by atoms with E-state index >= 15 is 0 Å². The largest absolute Gasteiger partial charge is 0.462 e. The molecule has 1 aromatic carbocycles. The van der Waals surface area contributed by atoms with Gasteiger partial charge in [0.25, 0.3) is 0 Å². The molecular formula is C21H25NO9. The van der Waals surface area contributed by atoms with Crippen LogP contribution in [0.2, 0.25) is 0 Å². The highest BCUT2D eigenvalue weighted by Crippen LogP contribution is 2.19. The molecule has 10 nitrogen and oxygen atoms in total. The number of rotatable bonds is 11. The Kier molecular flexibility index (Phi) is 13.1. The van der Waals surface area contributed by atoms with Gasteiger partial charge in [-0.3, -0.25) is 0 Å². The van der Waals surface area contributed by atoms with Crippen molar-refractivity contribution in [3.63, 3.8) is 0 Å². The fourth-order valence-electron chi connectivity index (χ4n) is 1.72. The van der Waals surface area contributed by atoms with Crippen LogP contribution in [0.5, 0.6) is 5.75 Å². The van der Waals surface area contributed by atoms with Gasteiger partial charge in [-0.15, -0.1) is 0 Å². The van der Waals surface area contributed by atoms with Gasteiger partial charge in [-0.05, 0) is 12.1 Å². The molecular weight excluding hydrogens is 410 g/mol. The van der Waals surface area contributed by atoms with Gasteiger partial charge in [0, 0.05) is 18.2 Å². The lowest BCUT2D eigenvalue weighted by atomic mass is 9.92. The highest BCUT2D eigenvalue weighted by Gasteiger charge is 2.35. The third-order valence-corrected chi connectivity index (χ3v) is 3.36. The zero-order chi connectivity index (χ0) is 23.7. The van der Waals surface area contributed by atoms with E-state index in [1.807, 2.05) is 6.07 Å². The van der Waals surface area contributed by atoms with Crippen LogP contribution in [0.25, 0.3) is 0 Å². The first-order chi connectivity index (χ1) is 14.7. The van der Waals surface area contributed by atoms with Gasteiger partial charge < -0.3 is 29.8 Å². The van der Waals surface area contributed by atoms with Crippen LogP contribution in [0.1, 0.15) is 0 Å². The standard InChI is InChI=1S/C14H18O7.C7H7NO2/c1-4-11(16)19-8-14(7-15,9-20-12(17)5-2)10-21-13(18)6-3;8-7(9)10-6-4-2-1-3-5-6/h4-6,15H,1-3,7-10H2;1-5H,(H2,8,9). The minimum Gasteiger partial charge on any atom is -0.462 e. The molecule has 0 spiro atoms. The third kappa shape index (κ3) is 12.3. The molecule has 0 heterocycles. The highest BCUT2D eigenvalue weighted by molar-refractivity contribution is 5.82. The monoisotopic (exact) mass is 435 g/mol. The Labute approximate surface area is 179 Å². The predicted octanol–water partition coefficient (Wildman–Crippen LogP) is 1.30. The first-order valence-electron chi connectivity index (χ1n) is 8.72. The van der Waals surface area contributed by atoms with Crippen LogP contribution in [0, 0.1) is 5.41 Å². The van der Waals surface area contributed by atoms with Gasteiger partial charge in [0.05, 0.1) is 12.0 Å². The van der Waals surface area contributed by atoms with E-state index in [2.05, 4.69) is 24.5 Å². The van der Waals surface area contributed by atoms with E-state index in [0.29, 0.717) is 5.75 Å². The summed E-state index contributed by atoms with van der Waals surface area (Å²) in [4.78, 5) is 43.4. The number of hydrogen-bond donors (Lipinski definition) is 2. The van der Waals surface area contributed by atoms with Crippen molar-refractivity contribution in [2.24, 2.45) is 11.1 Å². The van der Waals surface area contributed by atoms with E-state index in [-0.39, 0.29) is 19.8 Å². The molecule has 10 heteroatoms. The Balaban J connectivity index is 0.000000743. The molecule has 0 atom stereocenters. The van der Waals surface area contributed by atoms with Gasteiger partial charge in [0.15, 0.2) is 0 Å². The van der Waals surface area contributed by atoms with Gasteiger partial charge in [-0.1, -0.05) is 37.9 Å². The number of para-hydroxylation sites is 1. The zero-order valence-corrected chi connectivity index (χ0v) is 16.9. The van der Waals surface area contributed by atoms with Gasteiger partial charge in [0.2, 0.25) is 0 Å². The first-order valence-corrected chi connectivity index (χ1v) is 8.72. The maximum absolute atomic E-state index is 11.1. The number of nitrogens with two attached hydrogens (primary N) is 1. The van der Waals surface area contributed by atoms with Crippen molar-refractivity contribution >= 4 is 24.0 Å². The average Bonchev–Trinajstić information content (AvgIpc) is 2.78. The molecule has 0 fully saturated rings. The molecule has 0 aliphatic rings. The fraction of sp³-hybridized carbons (Fsp3) is 0.238. The molecule has 0 saturated carbocycles. The number of aliphatic hydroxyl groups is 1. The highest BCUT2D eigenvalue weighted by atomic mass is 16.6. The van der Waals surface area contributed by atoms with Crippen molar-refractivity contribution in [3.8, 4) is 5.75 Å². The number of amides is 1. The lowest BCUT2D eigenvalue weighted by Gasteiger charge is -2.29. The second-order valence-electron chi connectivity index (χ2n) is 5.83. The lowest BCUT2D eigenvalue weighted by molar-refractivity contribution is -0.159. The molecule has 0 bridgehead atoms. The maximum atomic E-state index is 11.1. The first kappa shape index (κ1) is 27.1. The van der Waals surface area contributed by atoms with Gasteiger partial charge >= 0.3 is 24.0 Å². The molecule has 0 radical (unpaired) electrons. The second kappa shape index (κ2) is 15.0. The molecule has 1 rings (SSSR count). The van der Waals surface area contributed by atoms with Gasteiger partial charge in [-0.25, -0.2) is 19.2 Å². The topological polar surface area (TPSA) is 151 Å². The van der Waals surface area contributed by atoms with E-state index in [4.69, 9.17) is 19.9 Å². The van der Waals surface area contributed by atoms with Gasteiger partial charge in [0.1, 0.15) is 25.6 Å². The molecule has 168 valence electrons. The predicted molar refractivity (Wildman–Crippen MR) is 110 cm³/mol. The lowest BCUT2D eigenvalue weighted by Crippen LogP contribution is -2.42. The molecule has 0 aliphatic carbocycles. The number of hydrogen-bond acceptors (Lipinski definition) is 9. The van der Waals surface area contributed by atoms with E-state index in [1.165, 1.54) is 0 Å². The third-order valence-electron chi connectivity index (χ3n) is 3.36. The minimum atomic E-state index is -1.28. The van der Waals surface area contributed by atoms with Crippen LogP contribution in [0.3, 0.4) is 0 Å². The summed E-state index contributed by atoms with van der Waals surface area (Å²) in [6.07, 6.45) is 2.03. The smallest absolute Gasteiger partial charge is 0.409 e. The number of esters is 3. The SMILES string of the molecule is C=CC(=O)OCC(CO)(COC(=O)C=C)COC(=O)C=C.NC(=O)Oc1ccccc1. The van der Waals surface area contributed by atoms with Crippen LogP contribution in [-0.4, -0.2) is 55.5 Å². The summed E-state index contributed by atoms with van der Waals surface area (Å²) in [5.41, 5.74) is 3.48. The molecule has 0 aromatic heterocycles. The van der Waals surface area contributed by atoms with Crippen LogP contribution < -0.4 is 10.5 Å².